The van der Waals surface area contributed by atoms with Crippen LogP contribution in [0.15, 0.2) is 36.5 Å². The Balaban J connectivity index is 2.30. The van der Waals surface area contributed by atoms with Crippen molar-refractivity contribution in [2.75, 3.05) is 26.0 Å². The van der Waals surface area contributed by atoms with E-state index in [0.717, 1.165) is 5.56 Å². The van der Waals surface area contributed by atoms with Crippen LogP contribution in [0, 0.1) is 0 Å². The average molecular weight is 334 g/mol. The number of nitrogens with zero attached hydrogens (tertiary/aromatic N) is 2. The third kappa shape index (κ3) is 3.93. The first-order valence-corrected chi connectivity index (χ1v) is 7.73. The molecule has 2 rings (SSSR count). The molecule has 122 valence electrons. The summed E-state index contributed by atoms with van der Waals surface area (Å²) >= 11 is 6.07. The monoisotopic (exact) mass is 333 g/mol. The van der Waals surface area contributed by atoms with Crippen LogP contribution in [0.4, 0.5) is 5.82 Å². The van der Waals surface area contributed by atoms with Crippen LogP contribution in [0.1, 0.15) is 22.8 Å². The van der Waals surface area contributed by atoms with Gasteiger partial charge in [0.05, 0.1) is 12.7 Å². The van der Waals surface area contributed by atoms with Crippen LogP contribution in [-0.2, 0) is 6.54 Å². The van der Waals surface area contributed by atoms with E-state index in [2.05, 4.69) is 10.3 Å². The molecule has 0 aliphatic heterocycles. The highest BCUT2D eigenvalue weighted by molar-refractivity contribution is 6.30. The lowest BCUT2D eigenvalue weighted by Gasteiger charge is -2.23. The molecule has 0 fully saturated rings. The fourth-order valence-electron chi connectivity index (χ4n) is 2.35. The van der Waals surface area contributed by atoms with Gasteiger partial charge in [-0.2, -0.15) is 0 Å². The van der Waals surface area contributed by atoms with Gasteiger partial charge in [0.25, 0.3) is 5.91 Å². The van der Waals surface area contributed by atoms with E-state index in [-0.39, 0.29) is 5.91 Å². The molecule has 0 aliphatic rings. The Labute approximate surface area is 141 Å². The standard InChI is InChI=1S/C17H20ClN3O2/c1-4-21(11-12-10-13(18)7-8-15(12)23-3)17(22)14-6-5-9-20-16(14)19-2/h5-10H,4,11H2,1-3H3,(H,19,20). The van der Waals surface area contributed by atoms with Gasteiger partial charge in [-0.3, -0.25) is 4.79 Å². The fraction of sp³-hybridized carbons (Fsp3) is 0.294. The van der Waals surface area contributed by atoms with Crippen LogP contribution < -0.4 is 10.1 Å². The zero-order valence-electron chi connectivity index (χ0n) is 13.5. The zero-order chi connectivity index (χ0) is 16.8. The third-order valence-electron chi connectivity index (χ3n) is 3.55. The zero-order valence-corrected chi connectivity index (χ0v) is 14.2. The summed E-state index contributed by atoms with van der Waals surface area (Å²) < 4.78 is 5.35. The number of ether oxygens (including phenoxy) is 1. The molecule has 0 radical (unpaired) electrons. The van der Waals surface area contributed by atoms with E-state index in [0.29, 0.717) is 35.2 Å². The molecule has 1 heterocycles. The molecule has 0 saturated heterocycles. The summed E-state index contributed by atoms with van der Waals surface area (Å²) in [5, 5.41) is 3.56. The molecule has 0 atom stereocenters. The third-order valence-corrected chi connectivity index (χ3v) is 3.78. The van der Waals surface area contributed by atoms with Gasteiger partial charge < -0.3 is 15.0 Å². The number of benzene rings is 1. The van der Waals surface area contributed by atoms with Crippen LogP contribution >= 0.6 is 11.6 Å². The molecular weight excluding hydrogens is 314 g/mol. The molecule has 0 aliphatic carbocycles. The fourth-order valence-corrected chi connectivity index (χ4v) is 2.55. The largest absolute Gasteiger partial charge is 0.496 e. The van der Waals surface area contributed by atoms with Crippen molar-refractivity contribution in [2.24, 2.45) is 0 Å². The van der Waals surface area contributed by atoms with E-state index < -0.39 is 0 Å². The van der Waals surface area contributed by atoms with Gasteiger partial charge in [-0.05, 0) is 37.3 Å². The quantitative estimate of drug-likeness (QED) is 0.879. The smallest absolute Gasteiger partial charge is 0.257 e. The number of hydrogen-bond donors (Lipinski definition) is 1. The maximum Gasteiger partial charge on any atom is 0.257 e. The molecule has 2 aromatic rings. The van der Waals surface area contributed by atoms with Gasteiger partial charge in [-0.1, -0.05) is 11.6 Å². The first kappa shape index (κ1) is 17.1. The second kappa shape index (κ2) is 7.83. The van der Waals surface area contributed by atoms with E-state index in [1.165, 1.54) is 0 Å². The van der Waals surface area contributed by atoms with Crippen molar-refractivity contribution in [1.82, 2.24) is 9.88 Å². The molecule has 23 heavy (non-hydrogen) atoms. The van der Waals surface area contributed by atoms with Gasteiger partial charge in [0.2, 0.25) is 0 Å². The molecule has 5 nitrogen and oxygen atoms in total. The van der Waals surface area contributed by atoms with Gasteiger partial charge >= 0.3 is 0 Å². The number of aromatic nitrogens is 1. The lowest BCUT2D eigenvalue weighted by molar-refractivity contribution is 0.0752. The molecule has 0 saturated carbocycles. The normalized spacial score (nSPS) is 10.3. The number of amides is 1. The van der Waals surface area contributed by atoms with Gasteiger partial charge in [0.1, 0.15) is 11.6 Å². The number of carbonyl (C=O) groups excluding carboxylic acids is 1. The molecule has 1 amide bonds. The minimum Gasteiger partial charge on any atom is -0.496 e. The molecular formula is C17H20ClN3O2. The summed E-state index contributed by atoms with van der Waals surface area (Å²) in [6.45, 7) is 2.91. The van der Waals surface area contributed by atoms with E-state index in [1.807, 2.05) is 13.0 Å². The highest BCUT2D eigenvalue weighted by atomic mass is 35.5. The summed E-state index contributed by atoms with van der Waals surface area (Å²) in [4.78, 5) is 18.7. The Morgan fingerprint density at radius 2 is 2.17 bits per heavy atom. The van der Waals surface area contributed by atoms with Gasteiger partial charge in [0.15, 0.2) is 0 Å². The van der Waals surface area contributed by atoms with Gasteiger partial charge in [0, 0.05) is 36.9 Å². The van der Waals surface area contributed by atoms with Crippen LogP contribution in [0.25, 0.3) is 0 Å². The SMILES string of the molecule is CCN(Cc1cc(Cl)ccc1OC)C(=O)c1cccnc1NC. The average Bonchev–Trinajstić information content (AvgIpc) is 2.59. The molecule has 0 spiro atoms. The number of methoxy groups -OCH3 is 1. The number of hydrogen-bond acceptors (Lipinski definition) is 4. The summed E-state index contributed by atoms with van der Waals surface area (Å²) in [5.41, 5.74) is 1.41. The highest BCUT2D eigenvalue weighted by Gasteiger charge is 2.19. The lowest BCUT2D eigenvalue weighted by Crippen LogP contribution is -2.31. The molecule has 1 aromatic carbocycles. The first-order chi connectivity index (χ1) is 11.1. The summed E-state index contributed by atoms with van der Waals surface area (Å²) in [7, 11) is 3.35. The van der Waals surface area contributed by atoms with E-state index in [4.69, 9.17) is 16.3 Å². The molecule has 6 heteroatoms. The summed E-state index contributed by atoms with van der Waals surface area (Å²) in [5.74, 6) is 1.18. The topological polar surface area (TPSA) is 54.5 Å². The minimum absolute atomic E-state index is 0.0908. The van der Waals surface area contributed by atoms with Crippen LogP contribution in [0.2, 0.25) is 5.02 Å². The minimum atomic E-state index is -0.0908. The number of carbonyl (C=O) groups is 1. The first-order valence-electron chi connectivity index (χ1n) is 7.35. The summed E-state index contributed by atoms with van der Waals surface area (Å²) in [6, 6.07) is 8.90. The summed E-state index contributed by atoms with van der Waals surface area (Å²) in [6.07, 6.45) is 1.65. The maximum atomic E-state index is 12.8. The Morgan fingerprint density at radius 3 is 2.83 bits per heavy atom. The Morgan fingerprint density at radius 1 is 1.39 bits per heavy atom. The van der Waals surface area contributed by atoms with Crippen molar-refractivity contribution in [3.8, 4) is 5.75 Å². The lowest BCUT2D eigenvalue weighted by atomic mass is 10.1. The molecule has 1 aromatic heterocycles. The number of nitrogens with one attached hydrogen (secondary N) is 1. The number of rotatable bonds is 6. The van der Waals surface area contributed by atoms with Crippen molar-refractivity contribution in [1.29, 1.82) is 0 Å². The second-order valence-electron chi connectivity index (χ2n) is 4.93. The van der Waals surface area contributed by atoms with Crippen LogP contribution in [0.3, 0.4) is 0 Å². The highest BCUT2D eigenvalue weighted by Crippen LogP contribution is 2.25. The van der Waals surface area contributed by atoms with E-state index in [1.54, 1.807) is 49.5 Å². The molecule has 0 bridgehead atoms. The van der Waals surface area contributed by atoms with Crippen LogP contribution in [0.5, 0.6) is 5.75 Å². The molecule has 1 N–H and O–H groups in total. The Bertz CT molecular complexity index is 691. The number of anilines is 1. The second-order valence-corrected chi connectivity index (χ2v) is 5.36. The Kier molecular flexibility index (Phi) is 5.82. The van der Waals surface area contributed by atoms with Crippen LogP contribution in [-0.4, -0.2) is 36.5 Å². The predicted molar refractivity (Wildman–Crippen MR) is 92.2 cm³/mol. The number of pyridine rings is 1. The number of halogens is 1. The van der Waals surface area contributed by atoms with E-state index >= 15 is 0 Å². The predicted octanol–water partition coefficient (Wildman–Crippen LogP) is 3.45. The van der Waals surface area contributed by atoms with Gasteiger partial charge in [-0.15, -0.1) is 0 Å². The van der Waals surface area contributed by atoms with E-state index in [9.17, 15) is 4.79 Å². The van der Waals surface area contributed by atoms with Crippen molar-refractivity contribution < 1.29 is 9.53 Å². The van der Waals surface area contributed by atoms with Crippen molar-refractivity contribution >= 4 is 23.3 Å². The maximum absolute atomic E-state index is 12.8. The van der Waals surface area contributed by atoms with Gasteiger partial charge in [-0.25, -0.2) is 4.98 Å². The van der Waals surface area contributed by atoms with Crippen molar-refractivity contribution in [3.63, 3.8) is 0 Å². The van der Waals surface area contributed by atoms with Crippen molar-refractivity contribution in [3.05, 3.63) is 52.7 Å². The van der Waals surface area contributed by atoms with Crippen molar-refractivity contribution in [2.45, 2.75) is 13.5 Å². The molecule has 0 unspecified atom stereocenters. The Hall–Kier alpha value is -2.27.